The van der Waals surface area contributed by atoms with Gasteiger partial charge in [-0.25, -0.2) is 0 Å². The number of halogens is 1. The summed E-state index contributed by atoms with van der Waals surface area (Å²) in [6.07, 6.45) is 1.89. The summed E-state index contributed by atoms with van der Waals surface area (Å²) >= 11 is 7.56. The number of aryl methyl sites for hydroxylation is 1. The predicted molar refractivity (Wildman–Crippen MR) is 142 cm³/mol. The second kappa shape index (κ2) is 9.84. The first-order valence-electron chi connectivity index (χ1n) is 11.0. The van der Waals surface area contributed by atoms with Crippen molar-refractivity contribution in [1.29, 1.82) is 0 Å². The van der Waals surface area contributed by atoms with E-state index in [4.69, 9.17) is 16.3 Å². The highest BCUT2D eigenvalue weighted by atomic mass is 35.5. The lowest BCUT2D eigenvalue weighted by atomic mass is 10.1. The minimum atomic E-state index is -0.251. The third-order valence-corrected chi connectivity index (χ3v) is 6.93. The quantitative estimate of drug-likeness (QED) is 0.289. The van der Waals surface area contributed by atoms with E-state index in [1.54, 1.807) is 0 Å². The second-order valence-corrected chi connectivity index (χ2v) is 9.66. The van der Waals surface area contributed by atoms with Gasteiger partial charge in [-0.05, 0) is 64.7 Å². The predicted octanol–water partition coefficient (Wildman–Crippen LogP) is 6.98. The highest BCUT2D eigenvalue weighted by Crippen LogP contribution is 2.32. The van der Waals surface area contributed by atoms with Gasteiger partial charge in [-0.2, -0.15) is 0 Å². The molecule has 0 aliphatic carbocycles. The maximum Gasteiger partial charge on any atom is 0.260 e. The van der Waals surface area contributed by atoms with Crippen LogP contribution in [0.4, 0.5) is 5.69 Å². The molecular weight excluding hydrogens is 464 g/mol. The first-order valence-corrected chi connectivity index (χ1v) is 12.2. The first-order chi connectivity index (χ1) is 16.5. The number of fused-ring (bicyclic) bond motifs is 1. The van der Waals surface area contributed by atoms with Crippen molar-refractivity contribution in [2.45, 2.75) is 19.0 Å². The smallest absolute Gasteiger partial charge is 0.260 e. The molecule has 1 fully saturated rings. The molecule has 1 saturated heterocycles. The van der Waals surface area contributed by atoms with E-state index in [1.807, 2.05) is 67.6 Å². The third kappa shape index (κ3) is 5.06. The standard InChI is InChI=1S/C28H23ClN2O2S/c1-18-9-12-22(29)16-25(18)30-28-31-27(32)26(34-28)15-19-10-13-23(14-11-19)33-17-21-7-4-6-20-5-2-3-8-24(20)21/h2-16,28,30H,17H2,1H3,(H,31,32)/b26-15-. The molecular formula is C28H23ClN2O2S. The molecule has 4 nitrogen and oxygen atoms in total. The van der Waals surface area contributed by atoms with E-state index in [2.05, 4.69) is 41.0 Å². The van der Waals surface area contributed by atoms with Crippen LogP contribution in [0.3, 0.4) is 0 Å². The fourth-order valence-corrected chi connectivity index (χ4v) is 5.00. The van der Waals surface area contributed by atoms with Crippen LogP contribution < -0.4 is 15.4 Å². The van der Waals surface area contributed by atoms with Gasteiger partial charge >= 0.3 is 0 Å². The Labute approximate surface area is 208 Å². The maximum atomic E-state index is 12.5. The SMILES string of the molecule is Cc1ccc(Cl)cc1NC1NC(=O)/C(=C/c2ccc(OCc3cccc4ccccc34)cc2)S1. The van der Waals surface area contributed by atoms with Gasteiger partial charge in [-0.3, -0.25) is 4.79 Å². The second-order valence-electron chi connectivity index (χ2n) is 8.08. The summed E-state index contributed by atoms with van der Waals surface area (Å²) in [7, 11) is 0. The molecule has 170 valence electrons. The summed E-state index contributed by atoms with van der Waals surface area (Å²) in [4.78, 5) is 13.1. The van der Waals surface area contributed by atoms with Gasteiger partial charge < -0.3 is 15.4 Å². The van der Waals surface area contributed by atoms with Crippen molar-refractivity contribution in [2.75, 3.05) is 5.32 Å². The molecule has 4 aromatic rings. The van der Waals surface area contributed by atoms with Crippen LogP contribution in [-0.2, 0) is 11.4 Å². The van der Waals surface area contributed by atoms with Gasteiger partial charge in [0.2, 0.25) is 0 Å². The summed E-state index contributed by atoms with van der Waals surface area (Å²) in [5.74, 6) is 0.688. The van der Waals surface area contributed by atoms with Gasteiger partial charge in [0.15, 0.2) is 5.50 Å². The van der Waals surface area contributed by atoms with Crippen LogP contribution in [0.2, 0.25) is 5.02 Å². The first kappa shape index (κ1) is 22.4. The molecule has 1 atom stereocenters. The zero-order valence-corrected chi connectivity index (χ0v) is 20.1. The van der Waals surface area contributed by atoms with Crippen molar-refractivity contribution in [2.24, 2.45) is 0 Å². The highest BCUT2D eigenvalue weighted by molar-refractivity contribution is 8.05. The van der Waals surface area contributed by atoms with Crippen molar-refractivity contribution in [3.63, 3.8) is 0 Å². The van der Waals surface area contributed by atoms with Crippen molar-refractivity contribution < 1.29 is 9.53 Å². The molecule has 0 spiro atoms. The lowest BCUT2D eigenvalue weighted by Crippen LogP contribution is -2.31. The lowest BCUT2D eigenvalue weighted by Gasteiger charge is -2.15. The fourth-order valence-electron chi connectivity index (χ4n) is 3.85. The molecule has 1 heterocycles. The van der Waals surface area contributed by atoms with Crippen LogP contribution in [0.15, 0.2) is 89.8 Å². The molecule has 4 aromatic carbocycles. The van der Waals surface area contributed by atoms with Crippen molar-refractivity contribution in [1.82, 2.24) is 5.32 Å². The maximum absolute atomic E-state index is 12.5. The van der Waals surface area contributed by atoms with Gasteiger partial charge in [0, 0.05) is 10.7 Å². The molecule has 1 aliphatic rings. The van der Waals surface area contributed by atoms with Crippen molar-refractivity contribution in [3.8, 4) is 5.75 Å². The minimum absolute atomic E-state index is 0.0986. The van der Waals surface area contributed by atoms with Crippen LogP contribution in [0.1, 0.15) is 16.7 Å². The van der Waals surface area contributed by atoms with Crippen LogP contribution in [0, 0.1) is 6.92 Å². The van der Waals surface area contributed by atoms with Crippen molar-refractivity contribution in [3.05, 3.63) is 112 Å². The molecule has 6 heteroatoms. The van der Waals surface area contributed by atoms with E-state index < -0.39 is 0 Å². The summed E-state index contributed by atoms with van der Waals surface area (Å²) in [6.45, 7) is 2.50. The summed E-state index contributed by atoms with van der Waals surface area (Å²) < 4.78 is 6.02. The number of ether oxygens (including phenoxy) is 1. The Morgan fingerprint density at radius 3 is 2.68 bits per heavy atom. The van der Waals surface area contributed by atoms with Crippen LogP contribution in [-0.4, -0.2) is 11.4 Å². The molecule has 1 aliphatic heterocycles. The largest absolute Gasteiger partial charge is 0.489 e. The van der Waals surface area contributed by atoms with E-state index in [9.17, 15) is 4.79 Å². The zero-order valence-electron chi connectivity index (χ0n) is 18.5. The van der Waals surface area contributed by atoms with E-state index in [-0.39, 0.29) is 11.4 Å². The lowest BCUT2D eigenvalue weighted by molar-refractivity contribution is -0.116. The Hall–Kier alpha value is -3.41. The van der Waals surface area contributed by atoms with Gasteiger partial charge in [0.05, 0.1) is 4.91 Å². The number of nitrogens with one attached hydrogen (secondary N) is 2. The van der Waals surface area contributed by atoms with Crippen LogP contribution >= 0.6 is 23.4 Å². The molecule has 0 aromatic heterocycles. The topological polar surface area (TPSA) is 50.4 Å². The number of amides is 1. The molecule has 0 radical (unpaired) electrons. The van der Waals surface area contributed by atoms with E-state index >= 15 is 0 Å². The Bertz CT molecular complexity index is 1380. The van der Waals surface area contributed by atoms with Gasteiger partial charge in [0.25, 0.3) is 5.91 Å². The van der Waals surface area contributed by atoms with Gasteiger partial charge in [-0.1, -0.05) is 84.0 Å². The molecule has 1 amide bonds. The number of rotatable bonds is 6. The summed E-state index contributed by atoms with van der Waals surface area (Å²) in [5.41, 5.74) is 3.81. The number of anilines is 1. The average molecular weight is 487 g/mol. The highest BCUT2D eigenvalue weighted by Gasteiger charge is 2.27. The summed E-state index contributed by atoms with van der Waals surface area (Å²) in [5, 5.41) is 9.36. The number of benzene rings is 4. The Kier molecular flexibility index (Phi) is 6.48. The minimum Gasteiger partial charge on any atom is -0.489 e. The van der Waals surface area contributed by atoms with Gasteiger partial charge in [0.1, 0.15) is 12.4 Å². The molecule has 0 bridgehead atoms. The number of carbonyl (C=O) groups excluding carboxylic acids is 1. The number of hydrogen-bond acceptors (Lipinski definition) is 4. The van der Waals surface area contributed by atoms with Crippen LogP contribution in [0.5, 0.6) is 5.75 Å². The Morgan fingerprint density at radius 1 is 1.03 bits per heavy atom. The monoisotopic (exact) mass is 486 g/mol. The molecule has 2 N–H and O–H groups in total. The molecule has 1 unspecified atom stereocenters. The van der Waals surface area contributed by atoms with E-state index in [1.165, 1.54) is 22.5 Å². The zero-order chi connectivity index (χ0) is 23.5. The Morgan fingerprint density at radius 2 is 1.82 bits per heavy atom. The summed E-state index contributed by atoms with van der Waals surface area (Å²) in [6, 6.07) is 28.0. The fraction of sp³-hybridized carbons (Fsp3) is 0.107. The van der Waals surface area contributed by atoms with E-state index in [0.29, 0.717) is 16.5 Å². The van der Waals surface area contributed by atoms with Crippen molar-refractivity contribution >= 4 is 51.8 Å². The molecule has 5 rings (SSSR count). The normalized spacial score (nSPS) is 16.6. The van der Waals surface area contributed by atoms with Gasteiger partial charge in [-0.15, -0.1) is 0 Å². The number of thioether (sulfide) groups is 1. The molecule has 0 saturated carbocycles. The van der Waals surface area contributed by atoms with E-state index in [0.717, 1.165) is 28.1 Å². The number of hydrogen-bond donors (Lipinski definition) is 2. The Balaban J connectivity index is 1.23. The third-order valence-electron chi connectivity index (χ3n) is 5.67. The number of carbonyl (C=O) groups is 1. The molecule has 34 heavy (non-hydrogen) atoms. The average Bonchev–Trinajstić information content (AvgIpc) is 3.19. The van der Waals surface area contributed by atoms with Crippen LogP contribution in [0.25, 0.3) is 16.8 Å².